The molecule has 26 heavy (non-hydrogen) atoms. The summed E-state index contributed by atoms with van der Waals surface area (Å²) < 4.78 is 0. The molecule has 2 N–H and O–H groups in total. The lowest BCUT2D eigenvalue weighted by Gasteiger charge is -2.28. The molecule has 132 valence electrons. The molecule has 0 radical (unpaired) electrons. The molecule has 1 unspecified atom stereocenters. The van der Waals surface area contributed by atoms with Gasteiger partial charge in [0.2, 0.25) is 5.91 Å². The van der Waals surface area contributed by atoms with E-state index < -0.39 is 5.91 Å². The van der Waals surface area contributed by atoms with Gasteiger partial charge >= 0.3 is 0 Å². The molecule has 0 fully saturated rings. The lowest BCUT2D eigenvalue weighted by molar-refractivity contribution is -0.118. The first kappa shape index (κ1) is 17.7. The van der Waals surface area contributed by atoms with Crippen molar-refractivity contribution >= 4 is 22.6 Å². The summed E-state index contributed by atoms with van der Waals surface area (Å²) in [6.07, 6.45) is 0.707. The number of rotatable bonds is 6. The van der Waals surface area contributed by atoms with Crippen molar-refractivity contribution in [3.05, 3.63) is 83.9 Å². The van der Waals surface area contributed by atoms with Crippen LogP contribution in [0.1, 0.15) is 22.3 Å². The van der Waals surface area contributed by atoms with Crippen molar-refractivity contribution in [1.29, 1.82) is 0 Å². The van der Waals surface area contributed by atoms with Gasteiger partial charge in [-0.05, 0) is 28.8 Å². The van der Waals surface area contributed by atoms with Gasteiger partial charge in [0.1, 0.15) is 0 Å². The molecular formula is C22H22N2O2. The Kier molecular flexibility index (Phi) is 5.32. The van der Waals surface area contributed by atoms with Crippen LogP contribution in [-0.4, -0.2) is 29.8 Å². The zero-order valence-electron chi connectivity index (χ0n) is 14.8. The first-order valence-electron chi connectivity index (χ1n) is 8.63. The SMILES string of the molecule is CN(C(=O)c1cccc2ccccc12)C(CC(N)=O)Cc1ccccc1. The van der Waals surface area contributed by atoms with Crippen LogP contribution < -0.4 is 5.73 Å². The minimum Gasteiger partial charge on any atom is -0.370 e. The number of carbonyl (C=O) groups excluding carboxylic acids is 2. The zero-order valence-corrected chi connectivity index (χ0v) is 14.8. The third-order valence-electron chi connectivity index (χ3n) is 4.64. The van der Waals surface area contributed by atoms with Crippen molar-refractivity contribution in [2.45, 2.75) is 18.9 Å². The molecule has 0 aliphatic heterocycles. The number of primary amides is 1. The van der Waals surface area contributed by atoms with Crippen LogP contribution >= 0.6 is 0 Å². The van der Waals surface area contributed by atoms with Crippen molar-refractivity contribution in [3.8, 4) is 0 Å². The maximum atomic E-state index is 13.1. The Hall–Kier alpha value is -3.14. The van der Waals surface area contributed by atoms with Crippen LogP contribution in [0.5, 0.6) is 0 Å². The molecule has 0 spiro atoms. The molecule has 3 aromatic carbocycles. The highest BCUT2D eigenvalue weighted by Crippen LogP contribution is 2.21. The molecule has 0 bridgehead atoms. The van der Waals surface area contributed by atoms with Gasteiger partial charge in [-0.15, -0.1) is 0 Å². The lowest BCUT2D eigenvalue weighted by Crippen LogP contribution is -2.41. The molecule has 3 rings (SSSR count). The van der Waals surface area contributed by atoms with Gasteiger partial charge in [0.05, 0.1) is 0 Å². The fourth-order valence-corrected chi connectivity index (χ4v) is 3.23. The van der Waals surface area contributed by atoms with E-state index in [-0.39, 0.29) is 18.4 Å². The Balaban J connectivity index is 1.91. The van der Waals surface area contributed by atoms with Crippen molar-refractivity contribution in [2.75, 3.05) is 7.05 Å². The van der Waals surface area contributed by atoms with Crippen LogP contribution in [0.15, 0.2) is 72.8 Å². The number of hydrogen-bond donors (Lipinski definition) is 1. The molecule has 3 aromatic rings. The fourth-order valence-electron chi connectivity index (χ4n) is 3.23. The number of benzene rings is 3. The summed E-state index contributed by atoms with van der Waals surface area (Å²) >= 11 is 0. The van der Waals surface area contributed by atoms with E-state index in [1.807, 2.05) is 72.8 Å². The average molecular weight is 346 g/mol. The number of nitrogens with zero attached hydrogens (tertiary/aromatic N) is 1. The first-order chi connectivity index (χ1) is 12.6. The summed E-state index contributed by atoms with van der Waals surface area (Å²) in [6, 6.07) is 23.0. The normalized spacial score (nSPS) is 11.9. The number of nitrogens with two attached hydrogens (primary N) is 1. The molecule has 4 heteroatoms. The molecule has 0 aromatic heterocycles. The van der Waals surface area contributed by atoms with E-state index >= 15 is 0 Å². The van der Waals surface area contributed by atoms with Gasteiger partial charge in [-0.2, -0.15) is 0 Å². The van der Waals surface area contributed by atoms with E-state index in [0.717, 1.165) is 16.3 Å². The standard InChI is InChI=1S/C22H22N2O2/c1-24(18(15-21(23)25)14-16-8-3-2-4-9-16)22(26)20-13-7-11-17-10-5-6-12-19(17)20/h2-13,18H,14-15H2,1H3,(H2,23,25). The summed E-state index contributed by atoms with van der Waals surface area (Å²) in [5.74, 6) is -0.521. The Bertz CT molecular complexity index is 916. The van der Waals surface area contributed by atoms with Crippen LogP contribution in [-0.2, 0) is 11.2 Å². The monoisotopic (exact) mass is 346 g/mol. The van der Waals surface area contributed by atoms with E-state index in [1.165, 1.54) is 0 Å². The van der Waals surface area contributed by atoms with Crippen LogP contribution in [0.3, 0.4) is 0 Å². The third kappa shape index (κ3) is 3.91. The highest BCUT2D eigenvalue weighted by Gasteiger charge is 2.24. The summed E-state index contributed by atoms with van der Waals surface area (Å²) in [7, 11) is 1.74. The topological polar surface area (TPSA) is 63.4 Å². The molecule has 0 aliphatic rings. The Morgan fingerprint density at radius 1 is 0.923 bits per heavy atom. The van der Waals surface area contributed by atoms with Gasteiger partial charge in [-0.25, -0.2) is 0 Å². The number of amides is 2. The number of fused-ring (bicyclic) bond motifs is 1. The highest BCUT2D eigenvalue weighted by atomic mass is 16.2. The molecule has 1 atom stereocenters. The maximum Gasteiger partial charge on any atom is 0.254 e. The maximum absolute atomic E-state index is 13.1. The second kappa shape index (κ2) is 7.83. The Morgan fingerprint density at radius 2 is 1.58 bits per heavy atom. The molecular weight excluding hydrogens is 324 g/mol. The van der Waals surface area contributed by atoms with Crippen molar-refractivity contribution in [3.63, 3.8) is 0 Å². The van der Waals surface area contributed by atoms with Gasteiger partial charge in [0, 0.05) is 25.1 Å². The fraction of sp³-hybridized carbons (Fsp3) is 0.182. The number of likely N-dealkylation sites (N-methyl/N-ethyl adjacent to an activating group) is 1. The quantitative estimate of drug-likeness (QED) is 0.743. The number of carbonyl (C=O) groups is 2. The van der Waals surface area contributed by atoms with E-state index in [0.29, 0.717) is 12.0 Å². The van der Waals surface area contributed by atoms with Crippen LogP contribution in [0.4, 0.5) is 0 Å². The number of hydrogen-bond acceptors (Lipinski definition) is 2. The largest absolute Gasteiger partial charge is 0.370 e. The van der Waals surface area contributed by atoms with Gasteiger partial charge in [-0.3, -0.25) is 9.59 Å². The van der Waals surface area contributed by atoms with Crippen LogP contribution in [0.25, 0.3) is 10.8 Å². The molecule has 0 saturated heterocycles. The molecule has 4 nitrogen and oxygen atoms in total. The molecule has 2 amide bonds. The van der Waals surface area contributed by atoms with E-state index in [4.69, 9.17) is 5.73 Å². The minimum atomic E-state index is -0.413. The van der Waals surface area contributed by atoms with E-state index in [9.17, 15) is 9.59 Å². The van der Waals surface area contributed by atoms with E-state index in [1.54, 1.807) is 11.9 Å². The highest BCUT2D eigenvalue weighted by molar-refractivity contribution is 6.07. The zero-order chi connectivity index (χ0) is 18.5. The predicted molar refractivity (Wildman–Crippen MR) is 104 cm³/mol. The van der Waals surface area contributed by atoms with Gasteiger partial charge in [0.25, 0.3) is 5.91 Å². The second-order valence-corrected chi connectivity index (χ2v) is 6.46. The summed E-state index contributed by atoms with van der Waals surface area (Å²) in [4.78, 5) is 26.3. The molecule has 0 heterocycles. The van der Waals surface area contributed by atoms with Crippen LogP contribution in [0.2, 0.25) is 0 Å². The summed E-state index contributed by atoms with van der Waals surface area (Å²) in [5.41, 5.74) is 7.14. The predicted octanol–water partition coefficient (Wildman–Crippen LogP) is 3.40. The van der Waals surface area contributed by atoms with E-state index in [2.05, 4.69) is 0 Å². The molecule has 0 aliphatic carbocycles. The summed E-state index contributed by atoms with van der Waals surface area (Å²) in [5, 5.41) is 1.92. The van der Waals surface area contributed by atoms with Gasteiger partial charge < -0.3 is 10.6 Å². The third-order valence-corrected chi connectivity index (χ3v) is 4.64. The van der Waals surface area contributed by atoms with Crippen molar-refractivity contribution in [2.24, 2.45) is 5.73 Å². The average Bonchev–Trinajstić information content (AvgIpc) is 2.66. The lowest BCUT2D eigenvalue weighted by atomic mass is 9.99. The smallest absolute Gasteiger partial charge is 0.254 e. The Labute approximate surface area is 153 Å². The summed E-state index contributed by atoms with van der Waals surface area (Å²) in [6.45, 7) is 0. The first-order valence-corrected chi connectivity index (χ1v) is 8.63. The Morgan fingerprint density at radius 3 is 2.31 bits per heavy atom. The van der Waals surface area contributed by atoms with Crippen molar-refractivity contribution in [1.82, 2.24) is 4.90 Å². The van der Waals surface area contributed by atoms with Gasteiger partial charge in [-0.1, -0.05) is 66.7 Å². The van der Waals surface area contributed by atoms with Crippen molar-refractivity contribution < 1.29 is 9.59 Å². The van der Waals surface area contributed by atoms with Gasteiger partial charge in [0.15, 0.2) is 0 Å². The second-order valence-electron chi connectivity index (χ2n) is 6.46. The molecule has 0 saturated carbocycles. The van der Waals surface area contributed by atoms with Crippen LogP contribution in [0, 0.1) is 0 Å². The minimum absolute atomic E-state index is 0.107.